The monoisotopic (exact) mass is 305 g/mol. The van der Waals surface area contributed by atoms with Crippen molar-refractivity contribution in [1.29, 1.82) is 0 Å². The fourth-order valence-electron chi connectivity index (χ4n) is 2.23. The molecule has 2 aromatic carbocycles. The van der Waals surface area contributed by atoms with Gasteiger partial charge in [0.1, 0.15) is 0 Å². The van der Waals surface area contributed by atoms with Gasteiger partial charge < -0.3 is 0 Å². The third kappa shape index (κ3) is 2.31. The molecule has 0 amide bonds. The molecule has 5 heteroatoms. The highest BCUT2D eigenvalue weighted by Crippen LogP contribution is 2.37. The number of hydrogen-bond acceptors (Lipinski definition) is 3. The second-order valence-electron chi connectivity index (χ2n) is 4.71. The minimum atomic E-state index is -3.47. The fourth-order valence-corrected chi connectivity index (χ4v) is 4.88. The molecule has 2 aromatic rings. The van der Waals surface area contributed by atoms with Gasteiger partial charge in [0.2, 0.25) is 0 Å². The lowest BCUT2D eigenvalue weighted by atomic mass is 10.2. The minimum Gasteiger partial charge on any atom is -0.264 e. The number of aryl methyl sites for hydroxylation is 1. The van der Waals surface area contributed by atoms with Crippen LogP contribution in [-0.2, 0) is 10.0 Å². The Morgan fingerprint density at radius 1 is 1.05 bits per heavy atom. The molecule has 3 nitrogen and oxygen atoms in total. The van der Waals surface area contributed by atoms with E-state index in [1.165, 1.54) is 4.31 Å². The Morgan fingerprint density at radius 2 is 1.75 bits per heavy atom. The van der Waals surface area contributed by atoms with Gasteiger partial charge in [0, 0.05) is 17.2 Å². The van der Waals surface area contributed by atoms with Gasteiger partial charge in [0.05, 0.1) is 10.6 Å². The first kappa shape index (κ1) is 13.5. The number of fused-ring (bicyclic) bond motifs is 1. The van der Waals surface area contributed by atoms with Crippen molar-refractivity contribution < 1.29 is 8.42 Å². The van der Waals surface area contributed by atoms with Crippen molar-refractivity contribution in [2.75, 3.05) is 16.6 Å². The summed E-state index contributed by atoms with van der Waals surface area (Å²) in [7, 11) is -3.47. The highest BCUT2D eigenvalue weighted by Gasteiger charge is 2.28. The van der Waals surface area contributed by atoms with Crippen LogP contribution < -0.4 is 4.31 Å². The van der Waals surface area contributed by atoms with Gasteiger partial charge in [-0.3, -0.25) is 4.31 Å². The molecular weight excluding hydrogens is 290 g/mol. The van der Waals surface area contributed by atoms with Crippen molar-refractivity contribution in [2.45, 2.75) is 16.7 Å². The molecule has 0 radical (unpaired) electrons. The Kier molecular flexibility index (Phi) is 3.48. The maximum Gasteiger partial charge on any atom is 0.264 e. The molecule has 0 atom stereocenters. The van der Waals surface area contributed by atoms with Crippen LogP contribution >= 0.6 is 11.8 Å². The largest absolute Gasteiger partial charge is 0.264 e. The average Bonchev–Trinajstić information content (AvgIpc) is 2.47. The molecule has 104 valence electrons. The second-order valence-corrected chi connectivity index (χ2v) is 7.71. The maximum atomic E-state index is 12.8. The molecule has 0 unspecified atom stereocenters. The van der Waals surface area contributed by atoms with Crippen LogP contribution in [0.2, 0.25) is 0 Å². The lowest BCUT2D eigenvalue weighted by molar-refractivity contribution is 0.591. The molecule has 0 spiro atoms. The number of sulfonamides is 1. The van der Waals surface area contributed by atoms with Gasteiger partial charge in [0.15, 0.2) is 0 Å². The SMILES string of the molecule is Cc1ccc(S(=O)(=O)N2CCSc3ccccc32)cc1. The van der Waals surface area contributed by atoms with E-state index in [9.17, 15) is 8.42 Å². The molecule has 0 fully saturated rings. The summed E-state index contributed by atoms with van der Waals surface area (Å²) in [4.78, 5) is 1.37. The zero-order chi connectivity index (χ0) is 14.2. The first-order chi connectivity index (χ1) is 9.59. The van der Waals surface area contributed by atoms with E-state index in [-0.39, 0.29) is 0 Å². The Labute approximate surface area is 123 Å². The summed E-state index contributed by atoms with van der Waals surface area (Å²) in [6, 6.07) is 14.7. The Morgan fingerprint density at radius 3 is 2.50 bits per heavy atom. The quantitative estimate of drug-likeness (QED) is 0.854. The number of hydrogen-bond donors (Lipinski definition) is 0. The normalized spacial score (nSPS) is 14.9. The Balaban J connectivity index is 2.07. The summed E-state index contributed by atoms with van der Waals surface area (Å²) in [6.07, 6.45) is 0. The van der Waals surface area contributed by atoms with Gasteiger partial charge in [-0.05, 0) is 31.2 Å². The number of rotatable bonds is 2. The predicted octanol–water partition coefficient (Wildman–Crippen LogP) is 3.30. The lowest BCUT2D eigenvalue weighted by Crippen LogP contribution is -2.35. The van der Waals surface area contributed by atoms with E-state index < -0.39 is 10.0 Å². The van der Waals surface area contributed by atoms with E-state index in [4.69, 9.17) is 0 Å². The summed E-state index contributed by atoms with van der Waals surface area (Å²) in [5, 5.41) is 0. The fraction of sp³-hybridized carbons (Fsp3) is 0.200. The number of nitrogens with zero attached hydrogens (tertiary/aromatic N) is 1. The minimum absolute atomic E-state index is 0.352. The van der Waals surface area contributed by atoms with Crippen molar-refractivity contribution in [3.8, 4) is 0 Å². The van der Waals surface area contributed by atoms with Crippen molar-refractivity contribution >= 4 is 27.5 Å². The van der Waals surface area contributed by atoms with E-state index in [1.807, 2.05) is 43.3 Å². The van der Waals surface area contributed by atoms with E-state index in [2.05, 4.69) is 0 Å². The molecule has 0 aromatic heterocycles. The number of para-hydroxylation sites is 1. The van der Waals surface area contributed by atoms with Crippen LogP contribution in [0.1, 0.15) is 5.56 Å². The van der Waals surface area contributed by atoms with Gasteiger partial charge in [-0.15, -0.1) is 11.8 Å². The molecular formula is C15H15NO2S2. The van der Waals surface area contributed by atoms with Crippen molar-refractivity contribution in [3.05, 3.63) is 54.1 Å². The molecule has 3 rings (SSSR count). The highest BCUT2D eigenvalue weighted by atomic mass is 32.2. The first-order valence-electron chi connectivity index (χ1n) is 6.40. The van der Waals surface area contributed by atoms with Crippen LogP contribution in [0.3, 0.4) is 0 Å². The molecule has 0 bridgehead atoms. The lowest BCUT2D eigenvalue weighted by Gasteiger charge is -2.30. The molecule has 0 saturated carbocycles. The summed E-state index contributed by atoms with van der Waals surface area (Å²) < 4.78 is 27.1. The van der Waals surface area contributed by atoms with Gasteiger partial charge >= 0.3 is 0 Å². The standard InChI is InChI=1S/C15H15NO2S2/c1-12-6-8-13(9-7-12)20(17,18)16-10-11-19-15-5-3-2-4-14(15)16/h2-9H,10-11H2,1H3. The van der Waals surface area contributed by atoms with E-state index in [0.29, 0.717) is 11.4 Å². The van der Waals surface area contributed by atoms with Crippen LogP contribution in [0.4, 0.5) is 5.69 Å². The summed E-state index contributed by atoms with van der Waals surface area (Å²) >= 11 is 1.70. The first-order valence-corrected chi connectivity index (χ1v) is 8.83. The topological polar surface area (TPSA) is 37.4 Å². The predicted molar refractivity (Wildman–Crippen MR) is 82.9 cm³/mol. The summed E-state index contributed by atoms with van der Waals surface area (Å²) in [6.45, 7) is 2.46. The van der Waals surface area contributed by atoms with Crippen LogP contribution in [0.15, 0.2) is 58.3 Å². The third-order valence-corrected chi connectivity index (χ3v) is 6.17. The van der Waals surface area contributed by atoms with E-state index in [1.54, 1.807) is 23.9 Å². The van der Waals surface area contributed by atoms with Crippen LogP contribution in [0.25, 0.3) is 0 Å². The van der Waals surface area contributed by atoms with Crippen molar-refractivity contribution in [2.24, 2.45) is 0 Å². The van der Waals surface area contributed by atoms with Crippen molar-refractivity contribution in [1.82, 2.24) is 0 Å². The molecule has 0 N–H and O–H groups in total. The number of anilines is 1. The maximum absolute atomic E-state index is 12.8. The van der Waals surface area contributed by atoms with Gasteiger partial charge in [0.25, 0.3) is 10.0 Å². The van der Waals surface area contributed by atoms with Crippen molar-refractivity contribution in [3.63, 3.8) is 0 Å². The number of benzene rings is 2. The van der Waals surface area contributed by atoms with Gasteiger partial charge in [-0.25, -0.2) is 8.42 Å². The van der Waals surface area contributed by atoms with Crippen LogP contribution in [-0.4, -0.2) is 20.7 Å². The Hall–Kier alpha value is -1.46. The number of thioether (sulfide) groups is 1. The zero-order valence-electron chi connectivity index (χ0n) is 11.1. The molecule has 1 aliphatic rings. The van der Waals surface area contributed by atoms with Gasteiger partial charge in [-0.2, -0.15) is 0 Å². The summed E-state index contributed by atoms with van der Waals surface area (Å²) in [5.74, 6) is 0.780. The third-order valence-electron chi connectivity index (χ3n) is 3.29. The van der Waals surface area contributed by atoms with Crippen LogP contribution in [0.5, 0.6) is 0 Å². The molecule has 0 saturated heterocycles. The molecule has 0 aliphatic carbocycles. The Bertz CT molecular complexity index is 724. The smallest absolute Gasteiger partial charge is 0.264 e. The molecule has 1 heterocycles. The van der Waals surface area contributed by atoms with E-state index in [0.717, 1.165) is 21.9 Å². The van der Waals surface area contributed by atoms with E-state index >= 15 is 0 Å². The summed E-state index contributed by atoms with van der Waals surface area (Å²) in [5.41, 5.74) is 1.84. The highest BCUT2D eigenvalue weighted by molar-refractivity contribution is 8.00. The van der Waals surface area contributed by atoms with Gasteiger partial charge in [-0.1, -0.05) is 29.8 Å². The average molecular weight is 305 g/mol. The molecule has 1 aliphatic heterocycles. The van der Waals surface area contributed by atoms with Crippen LogP contribution in [0, 0.1) is 6.92 Å². The zero-order valence-corrected chi connectivity index (χ0v) is 12.7. The molecule has 20 heavy (non-hydrogen) atoms. The second kappa shape index (κ2) is 5.14.